The van der Waals surface area contributed by atoms with Crippen LogP contribution in [-0.4, -0.2) is 30.3 Å². The fraction of sp³-hybridized carbons (Fsp3) is 0.286. The molecule has 0 atom stereocenters. The predicted octanol–water partition coefficient (Wildman–Crippen LogP) is 2.12. The van der Waals surface area contributed by atoms with E-state index in [2.05, 4.69) is 0 Å². The van der Waals surface area contributed by atoms with Crippen molar-refractivity contribution < 1.29 is 24.2 Å². The van der Waals surface area contributed by atoms with Gasteiger partial charge in [0.2, 0.25) is 0 Å². The molecule has 0 spiro atoms. The van der Waals surface area contributed by atoms with Crippen molar-refractivity contribution in [3.63, 3.8) is 0 Å². The highest BCUT2D eigenvalue weighted by Gasteiger charge is 2.07. The van der Waals surface area contributed by atoms with Crippen molar-refractivity contribution in [2.45, 2.75) is 13.8 Å². The summed E-state index contributed by atoms with van der Waals surface area (Å²) in [7, 11) is 0. The molecule has 0 aliphatic carbocycles. The zero-order valence-corrected chi connectivity index (χ0v) is 10.9. The lowest BCUT2D eigenvalue weighted by molar-refractivity contribution is -0.145. The zero-order valence-electron chi connectivity index (χ0n) is 10.9. The third-order valence-corrected chi connectivity index (χ3v) is 2.28. The first-order valence-electron chi connectivity index (χ1n) is 5.83. The molecule has 0 bridgehead atoms. The summed E-state index contributed by atoms with van der Waals surface area (Å²) < 4.78 is 10.1. The minimum atomic E-state index is -1.000. The molecule has 1 rings (SSSR count). The van der Waals surface area contributed by atoms with Gasteiger partial charge in [-0.3, -0.25) is 0 Å². The summed E-state index contributed by atoms with van der Waals surface area (Å²) in [6.45, 7) is 3.29. The lowest BCUT2D eigenvalue weighted by Gasteiger charge is -2.08. The van der Waals surface area contributed by atoms with E-state index >= 15 is 0 Å². The van der Waals surface area contributed by atoms with Gasteiger partial charge in [-0.05, 0) is 26.0 Å². The van der Waals surface area contributed by atoms with Gasteiger partial charge in [0.1, 0.15) is 5.75 Å². The van der Waals surface area contributed by atoms with Gasteiger partial charge in [0.05, 0.1) is 6.61 Å². The van der Waals surface area contributed by atoms with Crippen molar-refractivity contribution in [1.29, 1.82) is 0 Å². The fourth-order valence-electron chi connectivity index (χ4n) is 1.37. The highest BCUT2D eigenvalue weighted by molar-refractivity contribution is 5.91. The maximum atomic E-state index is 11.2. The molecule has 0 heterocycles. The second-order valence-electron chi connectivity index (χ2n) is 3.76. The van der Waals surface area contributed by atoms with Gasteiger partial charge in [-0.2, -0.15) is 0 Å². The van der Waals surface area contributed by atoms with Crippen LogP contribution in [0, 0.1) is 0 Å². The molecule has 1 aromatic carbocycles. The molecule has 102 valence electrons. The van der Waals surface area contributed by atoms with Crippen molar-refractivity contribution in [2.24, 2.45) is 0 Å². The average molecular weight is 264 g/mol. The van der Waals surface area contributed by atoms with Gasteiger partial charge in [0, 0.05) is 11.1 Å². The van der Waals surface area contributed by atoms with E-state index in [0.717, 1.165) is 0 Å². The molecule has 0 saturated heterocycles. The first-order chi connectivity index (χ1) is 9.04. The Hall–Kier alpha value is -2.30. The van der Waals surface area contributed by atoms with E-state index in [0.29, 0.717) is 17.9 Å². The van der Waals surface area contributed by atoms with Crippen LogP contribution in [0.15, 0.2) is 29.8 Å². The molecule has 5 nitrogen and oxygen atoms in total. The Labute approximate surface area is 111 Å². The van der Waals surface area contributed by atoms with Gasteiger partial charge in [-0.1, -0.05) is 18.2 Å². The normalized spacial score (nSPS) is 10.9. The molecular weight excluding hydrogens is 248 g/mol. The number of hydrogen-bond acceptors (Lipinski definition) is 4. The number of esters is 1. The molecule has 0 amide bonds. The van der Waals surface area contributed by atoms with Crippen LogP contribution in [0.3, 0.4) is 0 Å². The molecular formula is C14H16O5. The molecule has 0 fully saturated rings. The van der Waals surface area contributed by atoms with Crippen molar-refractivity contribution in [3.8, 4) is 5.75 Å². The fourth-order valence-corrected chi connectivity index (χ4v) is 1.37. The predicted molar refractivity (Wildman–Crippen MR) is 69.9 cm³/mol. The van der Waals surface area contributed by atoms with Crippen molar-refractivity contribution >= 4 is 18.0 Å². The molecule has 0 aliphatic heterocycles. The number of para-hydroxylation sites is 1. The molecule has 5 heteroatoms. The topological polar surface area (TPSA) is 72.8 Å². The number of carboxylic acid groups (broad SMARTS) is 1. The Balaban J connectivity index is 2.82. The third kappa shape index (κ3) is 4.83. The summed E-state index contributed by atoms with van der Waals surface area (Å²) in [6.07, 6.45) is 1.49. The van der Waals surface area contributed by atoms with Gasteiger partial charge < -0.3 is 14.6 Å². The Morgan fingerprint density at radius 3 is 2.63 bits per heavy atom. The van der Waals surface area contributed by atoms with Gasteiger partial charge in [-0.25, -0.2) is 9.59 Å². The van der Waals surface area contributed by atoms with Crippen LogP contribution in [0.2, 0.25) is 0 Å². The second kappa shape index (κ2) is 7.20. The number of benzene rings is 1. The molecule has 0 unspecified atom stereocenters. The summed E-state index contributed by atoms with van der Waals surface area (Å²) in [6, 6.07) is 6.89. The first kappa shape index (κ1) is 14.8. The van der Waals surface area contributed by atoms with E-state index in [1.165, 1.54) is 13.0 Å². The van der Waals surface area contributed by atoms with Gasteiger partial charge in [0.15, 0.2) is 6.61 Å². The van der Waals surface area contributed by atoms with Crippen LogP contribution in [0.4, 0.5) is 0 Å². The molecule has 0 aliphatic rings. The number of carbonyl (C=O) groups excluding carboxylic acids is 1. The highest BCUT2D eigenvalue weighted by atomic mass is 16.6. The van der Waals surface area contributed by atoms with Crippen LogP contribution in [0.1, 0.15) is 19.4 Å². The quantitative estimate of drug-likeness (QED) is 0.629. The van der Waals surface area contributed by atoms with E-state index in [1.54, 1.807) is 31.2 Å². The number of carbonyl (C=O) groups is 2. The third-order valence-electron chi connectivity index (χ3n) is 2.28. The van der Waals surface area contributed by atoms with E-state index in [1.807, 2.05) is 0 Å². The summed E-state index contributed by atoms with van der Waals surface area (Å²) >= 11 is 0. The summed E-state index contributed by atoms with van der Waals surface area (Å²) in [5.74, 6) is -1.02. The molecule has 0 radical (unpaired) electrons. The number of aliphatic carboxylic acids is 1. The monoisotopic (exact) mass is 264 g/mol. The number of rotatable bonds is 6. The number of carboxylic acids is 1. The number of hydrogen-bond donors (Lipinski definition) is 1. The van der Waals surface area contributed by atoms with Gasteiger partial charge >= 0.3 is 11.9 Å². The SMILES string of the molecule is CCOC(=O)COc1ccccc1/C=C(\C)C(=O)O. The Morgan fingerprint density at radius 2 is 2.00 bits per heavy atom. The second-order valence-corrected chi connectivity index (χ2v) is 3.76. The largest absolute Gasteiger partial charge is 0.481 e. The van der Waals surface area contributed by atoms with Gasteiger partial charge in [-0.15, -0.1) is 0 Å². The highest BCUT2D eigenvalue weighted by Crippen LogP contribution is 2.21. The van der Waals surface area contributed by atoms with Crippen molar-refractivity contribution in [2.75, 3.05) is 13.2 Å². The van der Waals surface area contributed by atoms with Crippen molar-refractivity contribution in [3.05, 3.63) is 35.4 Å². The smallest absolute Gasteiger partial charge is 0.344 e. The zero-order chi connectivity index (χ0) is 14.3. The minimum Gasteiger partial charge on any atom is -0.481 e. The summed E-state index contributed by atoms with van der Waals surface area (Å²) in [5, 5.41) is 8.84. The maximum Gasteiger partial charge on any atom is 0.344 e. The average Bonchev–Trinajstić information content (AvgIpc) is 2.38. The van der Waals surface area contributed by atoms with Crippen LogP contribution in [-0.2, 0) is 14.3 Å². The minimum absolute atomic E-state index is 0.187. The van der Waals surface area contributed by atoms with E-state index in [4.69, 9.17) is 14.6 Å². The van der Waals surface area contributed by atoms with E-state index in [-0.39, 0.29) is 12.2 Å². The lowest BCUT2D eigenvalue weighted by atomic mass is 10.1. The molecule has 19 heavy (non-hydrogen) atoms. The Kier molecular flexibility index (Phi) is 5.60. The summed E-state index contributed by atoms with van der Waals surface area (Å²) in [5.41, 5.74) is 0.791. The molecule has 1 aromatic rings. The Morgan fingerprint density at radius 1 is 1.32 bits per heavy atom. The van der Waals surface area contributed by atoms with Crippen LogP contribution >= 0.6 is 0 Å². The molecule has 1 N–H and O–H groups in total. The number of ether oxygens (including phenoxy) is 2. The maximum absolute atomic E-state index is 11.2. The molecule has 0 saturated carbocycles. The first-order valence-corrected chi connectivity index (χ1v) is 5.83. The van der Waals surface area contributed by atoms with E-state index in [9.17, 15) is 9.59 Å². The Bertz CT molecular complexity index is 490. The molecule has 0 aromatic heterocycles. The summed E-state index contributed by atoms with van der Waals surface area (Å²) in [4.78, 5) is 22.0. The van der Waals surface area contributed by atoms with Gasteiger partial charge in [0.25, 0.3) is 0 Å². The standard InChI is InChI=1S/C14H16O5/c1-3-18-13(15)9-19-12-7-5-4-6-11(12)8-10(2)14(16)17/h4-8H,3,9H2,1-2H3,(H,16,17)/b10-8+. The van der Waals surface area contributed by atoms with Crippen LogP contribution in [0.25, 0.3) is 6.08 Å². The van der Waals surface area contributed by atoms with Crippen LogP contribution in [0.5, 0.6) is 5.75 Å². The lowest BCUT2D eigenvalue weighted by Crippen LogP contribution is -2.14. The van der Waals surface area contributed by atoms with E-state index < -0.39 is 11.9 Å². The van der Waals surface area contributed by atoms with Crippen LogP contribution < -0.4 is 4.74 Å². The van der Waals surface area contributed by atoms with Crippen molar-refractivity contribution in [1.82, 2.24) is 0 Å².